The molecule has 0 bridgehead atoms. The minimum absolute atomic E-state index is 0.234. The Balaban J connectivity index is 1.50. The highest BCUT2D eigenvalue weighted by Crippen LogP contribution is 2.35. The highest BCUT2D eigenvalue weighted by Gasteiger charge is 2.28. The molecule has 0 saturated carbocycles. The minimum Gasteiger partial charge on any atom is -0.496 e. The van der Waals surface area contributed by atoms with Crippen LogP contribution in [0.15, 0.2) is 79.0 Å². The molecule has 4 aromatic rings. The molecule has 1 aliphatic heterocycles. The molecule has 7 heteroatoms. The van der Waals surface area contributed by atoms with Crippen molar-refractivity contribution < 1.29 is 14.3 Å². The number of aryl methyl sites for hydroxylation is 1. The van der Waals surface area contributed by atoms with Gasteiger partial charge in [0.2, 0.25) is 0 Å². The van der Waals surface area contributed by atoms with Gasteiger partial charge in [-0.1, -0.05) is 48.0 Å². The van der Waals surface area contributed by atoms with Gasteiger partial charge in [-0.3, -0.25) is 9.59 Å². The molecule has 0 atom stereocenters. The monoisotopic (exact) mass is 485 g/mol. The lowest BCUT2D eigenvalue weighted by Crippen LogP contribution is -2.31. The molecule has 0 saturated heterocycles. The Morgan fingerprint density at radius 1 is 0.943 bits per heavy atom. The van der Waals surface area contributed by atoms with E-state index in [0.29, 0.717) is 35.7 Å². The van der Waals surface area contributed by atoms with Gasteiger partial charge in [0.15, 0.2) is 0 Å². The lowest BCUT2D eigenvalue weighted by atomic mass is 10.1. The van der Waals surface area contributed by atoms with Gasteiger partial charge in [0.1, 0.15) is 5.75 Å². The molecule has 2 heterocycles. The molecule has 35 heavy (non-hydrogen) atoms. The zero-order valence-electron chi connectivity index (χ0n) is 19.4. The van der Waals surface area contributed by atoms with E-state index in [1.165, 1.54) is 7.11 Å². The summed E-state index contributed by atoms with van der Waals surface area (Å²) < 4.78 is 7.71. The van der Waals surface area contributed by atoms with E-state index in [9.17, 15) is 9.59 Å². The number of hydrogen-bond acceptors (Lipinski definition) is 3. The van der Waals surface area contributed by atoms with E-state index >= 15 is 0 Å². The zero-order chi connectivity index (χ0) is 24.5. The number of aromatic nitrogens is 1. The smallest absolute Gasteiger partial charge is 0.262 e. The van der Waals surface area contributed by atoms with E-state index in [0.717, 1.165) is 22.5 Å². The van der Waals surface area contributed by atoms with Crippen LogP contribution in [0.2, 0.25) is 5.02 Å². The average Bonchev–Trinajstić information content (AvgIpc) is 3.23. The number of anilines is 2. The number of para-hydroxylation sites is 1. The number of benzene rings is 3. The second-order valence-electron chi connectivity index (χ2n) is 8.45. The van der Waals surface area contributed by atoms with Crippen molar-refractivity contribution in [1.29, 1.82) is 0 Å². The first-order valence-corrected chi connectivity index (χ1v) is 11.6. The number of carbonyl (C=O) groups excluding carboxylic acids is 2. The number of carbonyl (C=O) groups is 2. The third kappa shape index (κ3) is 4.29. The first-order valence-electron chi connectivity index (χ1n) is 11.2. The van der Waals surface area contributed by atoms with Crippen molar-refractivity contribution in [1.82, 2.24) is 4.57 Å². The molecule has 1 aromatic heterocycles. The lowest BCUT2D eigenvalue weighted by molar-refractivity contribution is 0.0981. The second kappa shape index (κ2) is 9.31. The third-order valence-corrected chi connectivity index (χ3v) is 6.58. The average molecular weight is 486 g/mol. The zero-order valence-corrected chi connectivity index (χ0v) is 20.2. The molecule has 0 fully saturated rings. The van der Waals surface area contributed by atoms with Gasteiger partial charge in [-0.2, -0.15) is 0 Å². The van der Waals surface area contributed by atoms with Crippen molar-refractivity contribution >= 4 is 34.8 Å². The first kappa shape index (κ1) is 22.7. The second-order valence-corrected chi connectivity index (χ2v) is 8.86. The Morgan fingerprint density at radius 2 is 1.71 bits per heavy atom. The van der Waals surface area contributed by atoms with Crippen LogP contribution in [0.4, 0.5) is 11.4 Å². The number of methoxy groups -OCH3 is 1. The van der Waals surface area contributed by atoms with Gasteiger partial charge in [0.05, 0.1) is 29.9 Å². The summed E-state index contributed by atoms with van der Waals surface area (Å²) in [6.07, 6.45) is 2.02. The highest BCUT2D eigenvalue weighted by molar-refractivity contribution is 6.34. The van der Waals surface area contributed by atoms with Gasteiger partial charge in [-0.05, 0) is 48.4 Å². The molecule has 0 radical (unpaired) electrons. The molecule has 3 aromatic carbocycles. The van der Waals surface area contributed by atoms with Crippen LogP contribution in [0.25, 0.3) is 0 Å². The Morgan fingerprint density at radius 3 is 2.51 bits per heavy atom. The molecule has 2 amide bonds. The fraction of sp³-hybridized carbons (Fsp3) is 0.143. The normalized spacial score (nSPS) is 12.4. The summed E-state index contributed by atoms with van der Waals surface area (Å²) in [4.78, 5) is 28.4. The largest absolute Gasteiger partial charge is 0.496 e. The van der Waals surface area contributed by atoms with Crippen LogP contribution >= 0.6 is 11.6 Å². The quantitative estimate of drug-likeness (QED) is 0.390. The van der Waals surface area contributed by atoms with E-state index < -0.39 is 0 Å². The van der Waals surface area contributed by atoms with E-state index in [4.69, 9.17) is 16.3 Å². The summed E-state index contributed by atoms with van der Waals surface area (Å²) in [5, 5.41) is 3.10. The summed E-state index contributed by atoms with van der Waals surface area (Å²) >= 11 is 6.56. The minimum atomic E-state index is -0.284. The molecule has 5 rings (SSSR count). The summed E-state index contributed by atoms with van der Waals surface area (Å²) in [5.41, 5.74) is 5.01. The van der Waals surface area contributed by atoms with Crippen molar-refractivity contribution in [3.8, 4) is 5.75 Å². The van der Waals surface area contributed by atoms with Gasteiger partial charge >= 0.3 is 0 Å². The third-order valence-electron chi connectivity index (χ3n) is 6.27. The van der Waals surface area contributed by atoms with Crippen LogP contribution in [-0.2, 0) is 13.1 Å². The van der Waals surface area contributed by atoms with Crippen molar-refractivity contribution in [2.45, 2.75) is 20.0 Å². The van der Waals surface area contributed by atoms with Crippen LogP contribution in [0, 0.1) is 6.92 Å². The van der Waals surface area contributed by atoms with Crippen molar-refractivity contribution in [2.75, 3.05) is 17.3 Å². The molecular weight excluding hydrogens is 462 g/mol. The predicted molar refractivity (Wildman–Crippen MR) is 138 cm³/mol. The van der Waals surface area contributed by atoms with E-state index in [1.54, 1.807) is 29.2 Å². The van der Waals surface area contributed by atoms with Crippen molar-refractivity contribution in [3.05, 3.63) is 112 Å². The van der Waals surface area contributed by atoms with Crippen LogP contribution in [0.3, 0.4) is 0 Å². The SMILES string of the molecule is COc1cc(NC(=O)c2ccccc2C)c(Cl)cc1C(=O)N1Cc2cccn2Cc2ccccc21. The van der Waals surface area contributed by atoms with Crippen LogP contribution in [0.5, 0.6) is 5.75 Å². The van der Waals surface area contributed by atoms with Crippen LogP contribution in [-0.4, -0.2) is 23.5 Å². The number of rotatable bonds is 4. The first-order chi connectivity index (χ1) is 17.0. The maximum absolute atomic E-state index is 13.9. The number of halogens is 1. The maximum Gasteiger partial charge on any atom is 0.262 e. The van der Waals surface area contributed by atoms with Crippen molar-refractivity contribution in [3.63, 3.8) is 0 Å². The van der Waals surface area contributed by atoms with Gasteiger partial charge < -0.3 is 19.5 Å². The molecule has 1 N–H and O–H groups in total. The molecule has 176 valence electrons. The number of amides is 2. The van der Waals surface area contributed by atoms with Gasteiger partial charge in [0.25, 0.3) is 11.8 Å². The molecule has 0 aliphatic carbocycles. The number of hydrogen-bond donors (Lipinski definition) is 1. The van der Waals surface area contributed by atoms with Crippen LogP contribution in [0.1, 0.15) is 37.5 Å². The van der Waals surface area contributed by atoms with Crippen LogP contribution < -0.4 is 15.0 Å². The van der Waals surface area contributed by atoms with Gasteiger partial charge in [0, 0.05) is 35.8 Å². The van der Waals surface area contributed by atoms with E-state index in [-0.39, 0.29) is 16.8 Å². The Bertz CT molecular complexity index is 1440. The molecule has 6 nitrogen and oxygen atoms in total. The lowest BCUT2D eigenvalue weighted by Gasteiger charge is -2.24. The fourth-order valence-electron chi connectivity index (χ4n) is 4.41. The molecular formula is C28H24ClN3O3. The summed E-state index contributed by atoms with van der Waals surface area (Å²) in [6, 6.07) is 22.3. The molecule has 0 spiro atoms. The maximum atomic E-state index is 13.9. The van der Waals surface area contributed by atoms with Crippen molar-refractivity contribution in [2.24, 2.45) is 0 Å². The Hall–Kier alpha value is -4.03. The number of fused-ring (bicyclic) bond motifs is 2. The molecule has 0 unspecified atom stereocenters. The summed E-state index contributed by atoms with van der Waals surface area (Å²) in [5.74, 6) is -0.187. The summed E-state index contributed by atoms with van der Waals surface area (Å²) in [7, 11) is 1.49. The van der Waals surface area contributed by atoms with E-state index in [2.05, 4.69) is 9.88 Å². The number of ether oxygens (including phenoxy) is 1. The highest BCUT2D eigenvalue weighted by atomic mass is 35.5. The standard InChI is InChI=1S/C28H24ClN3O3/c1-18-8-3-5-11-21(18)27(33)30-24-15-26(35-2)22(14-23(24)29)28(34)32-17-20-10-7-13-31(20)16-19-9-4-6-12-25(19)32/h3-15H,16-17H2,1-2H3,(H,30,33). The predicted octanol–water partition coefficient (Wildman–Crippen LogP) is 5.92. The van der Waals surface area contributed by atoms with Gasteiger partial charge in [-0.25, -0.2) is 0 Å². The van der Waals surface area contributed by atoms with E-state index in [1.807, 2.05) is 61.7 Å². The fourth-order valence-corrected chi connectivity index (χ4v) is 4.63. The Kier molecular flexibility index (Phi) is 6.05. The topological polar surface area (TPSA) is 63.6 Å². The number of nitrogens with one attached hydrogen (secondary N) is 1. The molecule has 1 aliphatic rings. The van der Waals surface area contributed by atoms with Gasteiger partial charge in [-0.15, -0.1) is 0 Å². The Labute approximate surface area is 208 Å². The number of nitrogens with zero attached hydrogens (tertiary/aromatic N) is 2. The summed E-state index contributed by atoms with van der Waals surface area (Å²) in [6.45, 7) is 2.97.